The molecule has 1 amide bonds. The minimum atomic E-state index is -0.0910. The highest BCUT2D eigenvalue weighted by atomic mass is 32.1. The Morgan fingerprint density at radius 3 is 2.94 bits per heavy atom. The van der Waals surface area contributed by atoms with Crippen LogP contribution < -0.4 is 11.1 Å². The lowest BCUT2D eigenvalue weighted by Gasteiger charge is -2.29. The number of thiazole rings is 1. The normalized spacial score (nSPS) is 25.3. The number of nitrogen functional groups attached to an aromatic ring is 1. The maximum atomic E-state index is 11.8. The third-order valence-corrected chi connectivity index (χ3v) is 3.86. The van der Waals surface area contributed by atoms with Gasteiger partial charge in [-0.15, -0.1) is 11.3 Å². The number of nitrogens with two attached hydrogens (primary N) is 1. The molecule has 0 radical (unpaired) electrons. The van der Waals surface area contributed by atoms with E-state index in [1.54, 1.807) is 5.38 Å². The molecular formula is C11H17N3OS. The lowest BCUT2D eigenvalue weighted by Crippen LogP contribution is -2.41. The Hall–Kier alpha value is -1.10. The SMILES string of the molecule is CC1CCCCC1NC(=O)c1csc(N)n1. The molecule has 2 rings (SSSR count). The van der Waals surface area contributed by atoms with Crippen molar-refractivity contribution < 1.29 is 4.79 Å². The van der Waals surface area contributed by atoms with Crippen molar-refractivity contribution in [2.75, 3.05) is 5.73 Å². The van der Waals surface area contributed by atoms with Crippen molar-refractivity contribution in [2.24, 2.45) is 5.92 Å². The van der Waals surface area contributed by atoms with E-state index >= 15 is 0 Å². The maximum Gasteiger partial charge on any atom is 0.271 e. The largest absolute Gasteiger partial charge is 0.375 e. The van der Waals surface area contributed by atoms with Crippen LogP contribution in [-0.4, -0.2) is 16.9 Å². The van der Waals surface area contributed by atoms with Crippen molar-refractivity contribution >= 4 is 22.4 Å². The van der Waals surface area contributed by atoms with Gasteiger partial charge < -0.3 is 11.1 Å². The van der Waals surface area contributed by atoms with E-state index in [0.29, 0.717) is 22.8 Å². The number of anilines is 1. The fourth-order valence-corrected chi connectivity index (χ4v) is 2.71. The first-order valence-electron chi connectivity index (χ1n) is 5.68. The van der Waals surface area contributed by atoms with Gasteiger partial charge in [0.15, 0.2) is 5.13 Å². The third-order valence-electron chi connectivity index (χ3n) is 3.18. The number of nitrogens with zero attached hydrogens (tertiary/aromatic N) is 1. The summed E-state index contributed by atoms with van der Waals surface area (Å²) in [6, 6.07) is 0.296. The zero-order chi connectivity index (χ0) is 11.5. The number of nitrogens with one attached hydrogen (secondary N) is 1. The van der Waals surface area contributed by atoms with Gasteiger partial charge in [-0.05, 0) is 18.8 Å². The molecule has 2 unspecified atom stereocenters. The van der Waals surface area contributed by atoms with Gasteiger partial charge in [0.2, 0.25) is 0 Å². The first-order chi connectivity index (χ1) is 7.66. The monoisotopic (exact) mass is 239 g/mol. The van der Waals surface area contributed by atoms with Crippen LogP contribution in [0.2, 0.25) is 0 Å². The van der Waals surface area contributed by atoms with Gasteiger partial charge in [-0.2, -0.15) is 0 Å². The molecule has 1 saturated carbocycles. The van der Waals surface area contributed by atoms with Crippen molar-refractivity contribution in [2.45, 2.75) is 38.6 Å². The van der Waals surface area contributed by atoms with Gasteiger partial charge in [-0.25, -0.2) is 4.98 Å². The topological polar surface area (TPSA) is 68.0 Å². The van der Waals surface area contributed by atoms with E-state index in [9.17, 15) is 4.79 Å². The first-order valence-corrected chi connectivity index (χ1v) is 6.56. The van der Waals surface area contributed by atoms with Gasteiger partial charge in [-0.1, -0.05) is 19.8 Å². The highest BCUT2D eigenvalue weighted by Gasteiger charge is 2.23. The van der Waals surface area contributed by atoms with Crippen molar-refractivity contribution in [3.8, 4) is 0 Å². The van der Waals surface area contributed by atoms with Gasteiger partial charge >= 0.3 is 0 Å². The van der Waals surface area contributed by atoms with Crippen LogP contribution in [0.25, 0.3) is 0 Å². The summed E-state index contributed by atoms with van der Waals surface area (Å²) in [5.41, 5.74) is 5.95. The van der Waals surface area contributed by atoms with Gasteiger partial charge in [0.25, 0.3) is 5.91 Å². The van der Waals surface area contributed by atoms with Crippen molar-refractivity contribution in [3.05, 3.63) is 11.1 Å². The van der Waals surface area contributed by atoms with E-state index in [2.05, 4.69) is 17.2 Å². The van der Waals surface area contributed by atoms with Gasteiger partial charge in [-0.3, -0.25) is 4.79 Å². The van der Waals surface area contributed by atoms with Crippen molar-refractivity contribution in [1.29, 1.82) is 0 Å². The highest BCUT2D eigenvalue weighted by Crippen LogP contribution is 2.24. The second-order valence-electron chi connectivity index (χ2n) is 4.41. The molecule has 0 saturated heterocycles. The van der Waals surface area contributed by atoms with Crippen LogP contribution in [0.1, 0.15) is 43.1 Å². The lowest BCUT2D eigenvalue weighted by atomic mass is 9.86. The zero-order valence-corrected chi connectivity index (χ0v) is 10.2. The number of hydrogen-bond donors (Lipinski definition) is 2. The second-order valence-corrected chi connectivity index (χ2v) is 5.30. The van der Waals surface area contributed by atoms with Crippen LogP contribution in [-0.2, 0) is 0 Å². The van der Waals surface area contributed by atoms with Gasteiger partial charge in [0.1, 0.15) is 5.69 Å². The van der Waals surface area contributed by atoms with E-state index in [1.807, 2.05) is 0 Å². The smallest absolute Gasteiger partial charge is 0.271 e. The van der Waals surface area contributed by atoms with Crippen molar-refractivity contribution in [3.63, 3.8) is 0 Å². The predicted molar refractivity (Wildman–Crippen MR) is 65.4 cm³/mol. The molecule has 1 fully saturated rings. The molecule has 1 aliphatic carbocycles. The highest BCUT2D eigenvalue weighted by molar-refractivity contribution is 7.13. The molecule has 0 aliphatic heterocycles. The number of rotatable bonds is 2. The number of carbonyl (C=O) groups is 1. The standard InChI is InChI=1S/C11H17N3OS/c1-7-4-2-3-5-8(7)13-10(15)9-6-16-11(12)14-9/h6-8H,2-5H2,1H3,(H2,12,14)(H,13,15). The molecule has 0 spiro atoms. The molecule has 5 heteroatoms. The lowest BCUT2D eigenvalue weighted by molar-refractivity contribution is 0.0906. The molecule has 16 heavy (non-hydrogen) atoms. The Morgan fingerprint density at radius 1 is 1.56 bits per heavy atom. The Bertz CT molecular complexity index is 377. The van der Waals surface area contributed by atoms with Gasteiger partial charge in [0, 0.05) is 11.4 Å². The number of hydrogen-bond acceptors (Lipinski definition) is 4. The van der Waals surface area contributed by atoms with E-state index in [0.717, 1.165) is 6.42 Å². The minimum absolute atomic E-state index is 0.0910. The molecule has 2 atom stereocenters. The summed E-state index contributed by atoms with van der Waals surface area (Å²) in [6.07, 6.45) is 4.75. The molecule has 1 aliphatic rings. The van der Waals surface area contributed by atoms with Crippen LogP contribution in [0.3, 0.4) is 0 Å². The molecule has 1 aromatic heterocycles. The number of carbonyl (C=O) groups excluding carboxylic acids is 1. The quantitative estimate of drug-likeness (QED) is 0.829. The molecule has 1 heterocycles. The van der Waals surface area contributed by atoms with Crippen LogP contribution in [0, 0.1) is 5.92 Å². The maximum absolute atomic E-state index is 11.8. The number of aromatic nitrogens is 1. The van der Waals surface area contributed by atoms with Gasteiger partial charge in [0.05, 0.1) is 0 Å². The van der Waals surface area contributed by atoms with Crippen LogP contribution in [0.5, 0.6) is 0 Å². The average Bonchev–Trinajstić information content (AvgIpc) is 2.68. The summed E-state index contributed by atoms with van der Waals surface area (Å²) >= 11 is 1.30. The first kappa shape index (κ1) is 11.4. The van der Waals surface area contributed by atoms with E-state index in [1.165, 1.54) is 30.6 Å². The molecule has 0 bridgehead atoms. The molecule has 1 aromatic rings. The summed E-state index contributed by atoms with van der Waals surface area (Å²) in [5, 5.41) is 5.20. The van der Waals surface area contributed by atoms with E-state index < -0.39 is 0 Å². The van der Waals surface area contributed by atoms with Crippen LogP contribution in [0.15, 0.2) is 5.38 Å². The Balaban J connectivity index is 1.96. The van der Waals surface area contributed by atoms with E-state index in [4.69, 9.17) is 5.73 Å². The van der Waals surface area contributed by atoms with Crippen molar-refractivity contribution in [1.82, 2.24) is 10.3 Å². The summed E-state index contributed by atoms with van der Waals surface area (Å²) in [6.45, 7) is 2.19. The summed E-state index contributed by atoms with van der Waals surface area (Å²) in [7, 11) is 0. The Morgan fingerprint density at radius 2 is 2.31 bits per heavy atom. The fraction of sp³-hybridized carbons (Fsp3) is 0.636. The Kier molecular flexibility index (Phi) is 3.43. The Labute approximate surface area is 99.3 Å². The summed E-state index contributed by atoms with van der Waals surface area (Å²) in [4.78, 5) is 15.8. The second kappa shape index (κ2) is 4.82. The molecule has 4 nitrogen and oxygen atoms in total. The van der Waals surface area contributed by atoms with E-state index in [-0.39, 0.29) is 5.91 Å². The molecular weight excluding hydrogens is 222 g/mol. The summed E-state index contributed by atoms with van der Waals surface area (Å²) in [5.74, 6) is 0.473. The predicted octanol–water partition coefficient (Wildman–Crippen LogP) is 2.03. The average molecular weight is 239 g/mol. The van der Waals surface area contributed by atoms with Crippen LogP contribution >= 0.6 is 11.3 Å². The van der Waals surface area contributed by atoms with Crippen LogP contribution in [0.4, 0.5) is 5.13 Å². The molecule has 88 valence electrons. The molecule has 3 N–H and O–H groups in total. The minimum Gasteiger partial charge on any atom is -0.375 e. The fourth-order valence-electron chi connectivity index (χ4n) is 2.16. The summed E-state index contributed by atoms with van der Waals surface area (Å²) < 4.78 is 0. The zero-order valence-electron chi connectivity index (χ0n) is 9.40. The molecule has 0 aromatic carbocycles. The number of amides is 1. The third kappa shape index (κ3) is 2.52.